The molecule has 0 rings (SSSR count). The van der Waals surface area contributed by atoms with E-state index in [0.717, 1.165) is 38.5 Å². The van der Waals surface area contributed by atoms with E-state index in [1.165, 1.54) is 0 Å². The zero-order valence-corrected chi connectivity index (χ0v) is 10.7. The highest BCUT2D eigenvalue weighted by Crippen LogP contribution is 2.20. The molecule has 2 atom stereocenters. The summed E-state index contributed by atoms with van der Waals surface area (Å²) in [6, 6.07) is 0. The monoisotopic (exact) mass is 250 g/mol. The fourth-order valence-corrected chi connectivity index (χ4v) is 1.98. The van der Waals surface area contributed by atoms with Crippen LogP contribution in [0.15, 0.2) is 0 Å². The lowest BCUT2D eigenvalue weighted by Gasteiger charge is -2.19. The minimum atomic E-state index is -0.728. The number of hydrogen-bond acceptors (Lipinski definition) is 2. The zero-order chi connectivity index (χ0) is 12.4. The second-order valence-corrected chi connectivity index (χ2v) is 4.70. The molecule has 0 aliphatic carbocycles. The summed E-state index contributed by atoms with van der Waals surface area (Å²) in [6.07, 6.45) is 5.48. The van der Waals surface area contributed by atoms with Crippen molar-refractivity contribution in [2.45, 2.75) is 58.0 Å². The number of rotatable bonds is 10. The van der Waals surface area contributed by atoms with Crippen molar-refractivity contribution in [3.05, 3.63) is 0 Å². The molecule has 0 aromatic heterocycles. The highest BCUT2D eigenvalue weighted by Gasteiger charge is 2.13. The number of carboxylic acids is 1. The van der Waals surface area contributed by atoms with Crippen LogP contribution in [0.25, 0.3) is 0 Å². The first-order chi connectivity index (χ1) is 7.57. The third-order valence-corrected chi connectivity index (χ3v) is 3.12. The minimum Gasteiger partial charge on any atom is -0.481 e. The topological polar surface area (TPSA) is 57.5 Å². The van der Waals surface area contributed by atoms with Gasteiger partial charge in [-0.05, 0) is 38.5 Å². The van der Waals surface area contributed by atoms with Gasteiger partial charge >= 0.3 is 5.97 Å². The highest BCUT2D eigenvalue weighted by molar-refractivity contribution is 6.17. The molecule has 0 bridgehead atoms. The molecule has 0 fully saturated rings. The van der Waals surface area contributed by atoms with Crippen LogP contribution in [-0.2, 0) is 4.79 Å². The summed E-state index contributed by atoms with van der Waals surface area (Å²) < 4.78 is 0. The first-order valence-electron chi connectivity index (χ1n) is 6.03. The molecule has 3 nitrogen and oxygen atoms in total. The van der Waals surface area contributed by atoms with Crippen LogP contribution in [0.2, 0.25) is 0 Å². The number of aliphatic carboxylic acids is 1. The predicted molar refractivity (Wildman–Crippen MR) is 65.8 cm³/mol. The van der Waals surface area contributed by atoms with Crippen molar-refractivity contribution in [3.8, 4) is 0 Å². The normalized spacial score (nSPS) is 14.7. The standard InChI is InChI=1S/C12H23ClO3/c1-10(14)11(7-5-9-13)6-3-2-4-8-12(15)16/h10-11,14H,2-9H2,1H3,(H,15,16)/t10-,11-/m0/s1. The van der Waals surface area contributed by atoms with Gasteiger partial charge in [0.05, 0.1) is 6.10 Å². The molecule has 0 aromatic carbocycles. The van der Waals surface area contributed by atoms with Crippen LogP contribution < -0.4 is 0 Å². The van der Waals surface area contributed by atoms with E-state index in [1.54, 1.807) is 0 Å². The zero-order valence-electron chi connectivity index (χ0n) is 9.99. The summed E-state index contributed by atoms with van der Waals surface area (Å²) >= 11 is 5.62. The van der Waals surface area contributed by atoms with Crippen LogP contribution in [0.1, 0.15) is 51.9 Å². The van der Waals surface area contributed by atoms with E-state index in [1.807, 2.05) is 6.92 Å². The molecule has 0 unspecified atom stereocenters. The van der Waals surface area contributed by atoms with Gasteiger partial charge in [-0.2, -0.15) is 0 Å². The lowest BCUT2D eigenvalue weighted by molar-refractivity contribution is -0.137. The first kappa shape index (κ1) is 15.7. The number of aliphatic hydroxyl groups is 1. The first-order valence-corrected chi connectivity index (χ1v) is 6.57. The van der Waals surface area contributed by atoms with Crippen molar-refractivity contribution in [2.75, 3.05) is 5.88 Å². The Labute approximate surface area is 103 Å². The lowest BCUT2D eigenvalue weighted by Crippen LogP contribution is -2.16. The van der Waals surface area contributed by atoms with Crippen LogP contribution in [-0.4, -0.2) is 28.2 Å². The molecule has 0 aromatic rings. The Kier molecular flexibility index (Phi) is 9.74. The van der Waals surface area contributed by atoms with E-state index < -0.39 is 5.97 Å². The van der Waals surface area contributed by atoms with Gasteiger partial charge in [0.2, 0.25) is 0 Å². The maximum Gasteiger partial charge on any atom is 0.303 e. The Morgan fingerprint density at radius 3 is 2.31 bits per heavy atom. The Morgan fingerprint density at radius 1 is 1.19 bits per heavy atom. The predicted octanol–water partition coefficient (Wildman–Crippen LogP) is 3.04. The second-order valence-electron chi connectivity index (χ2n) is 4.32. The number of carbonyl (C=O) groups is 1. The molecule has 16 heavy (non-hydrogen) atoms. The average molecular weight is 251 g/mol. The number of carboxylic acid groups (broad SMARTS) is 1. The van der Waals surface area contributed by atoms with E-state index in [-0.39, 0.29) is 12.5 Å². The summed E-state index contributed by atoms with van der Waals surface area (Å²) in [6.45, 7) is 1.82. The Balaban J connectivity index is 3.55. The van der Waals surface area contributed by atoms with Gasteiger partial charge in [0.15, 0.2) is 0 Å². The summed E-state index contributed by atoms with van der Waals surface area (Å²) in [4.78, 5) is 10.3. The SMILES string of the molecule is C[C@H](O)[C@H](CCCCl)CCCCCC(=O)O. The summed E-state index contributed by atoms with van der Waals surface area (Å²) in [7, 11) is 0. The second kappa shape index (κ2) is 9.91. The molecule has 0 amide bonds. The van der Waals surface area contributed by atoms with Gasteiger partial charge < -0.3 is 10.2 Å². The van der Waals surface area contributed by atoms with E-state index in [9.17, 15) is 9.90 Å². The quantitative estimate of drug-likeness (QED) is 0.463. The van der Waals surface area contributed by atoms with Crippen molar-refractivity contribution in [1.29, 1.82) is 0 Å². The van der Waals surface area contributed by atoms with E-state index >= 15 is 0 Å². The maximum absolute atomic E-state index is 10.3. The van der Waals surface area contributed by atoms with Gasteiger partial charge in [-0.1, -0.05) is 12.8 Å². The molecular weight excluding hydrogens is 228 g/mol. The molecule has 0 saturated heterocycles. The van der Waals surface area contributed by atoms with Crippen molar-refractivity contribution in [2.24, 2.45) is 5.92 Å². The van der Waals surface area contributed by atoms with Crippen molar-refractivity contribution < 1.29 is 15.0 Å². The van der Waals surface area contributed by atoms with Gasteiger partial charge in [0.1, 0.15) is 0 Å². The van der Waals surface area contributed by atoms with Crippen LogP contribution in [0.4, 0.5) is 0 Å². The van der Waals surface area contributed by atoms with E-state index in [0.29, 0.717) is 11.8 Å². The van der Waals surface area contributed by atoms with E-state index in [4.69, 9.17) is 16.7 Å². The number of alkyl halides is 1. The smallest absolute Gasteiger partial charge is 0.303 e. The Hall–Kier alpha value is -0.280. The molecule has 0 heterocycles. The fraction of sp³-hybridized carbons (Fsp3) is 0.917. The molecule has 0 saturated carbocycles. The molecule has 0 radical (unpaired) electrons. The number of aliphatic hydroxyl groups excluding tert-OH is 1. The summed E-state index contributed by atoms with van der Waals surface area (Å²) in [5.41, 5.74) is 0. The van der Waals surface area contributed by atoms with Gasteiger partial charge in [0, 0.05) is 12.3 Å². The van der Waals surface area contributed by atoms with Crippen LogP contribution in [0, 0.1) is 5.92 Å². The number of unbranched alkanes of at least 4 members (excludes halogenated alkanes) is 2. The third-order valence-electron chi connectivity index (χ3n) is 2.86. The van der Waals surface area contributed by atoms with Crippen LogP contribution in [0.3, 0.4) is 0 Å². The Morgan fingerprint density at radius 2 is 1.81 bits per heavy atom. The Bertz CT molecular complexity index is 183. The molecule has 0 aliphatic heterocycles. The third kappa shape index (κ3) is 8.98. The highest BCUT2D eigenvalue weighted by atomic mass is 35.5. The summed E-state index contributed by atoms with van der Waals surface area (Å²) in [5, 5.41) is 18.0. The average Bonchev–Trinajstić information content (AvgIpc) is 2.21. The largest absolute Gasteiger partial charge is 0.481 e. The van der Waals surface area contributed by atoms with Crippen molar-refractivity contribution in [1.82, 2.24) is 0 Å². The lowest BCUT2D eigenvalue weighted by atomic mass is 9.92. The number of halogens is 1. The maximum atomic E-state index is 10.3. The van der Waals surface area contributed by atoms with Gasteiger partial charge in [-0.3, -0.25) is 4.79 Å². The van der Waals surface area contributed by atoms with Gasteiger partial charge in [-0.25, -0.2) is 0 Å². The van der Waals surface area contributed by atoms with Crippen molar-refractivity contribution >= 4 is 17.6 Å². The van der Waals surface area contributed by atoms with Crippen molar-refractivity contribution in [3.63, 3.8) is 0 Å². The van der Waals surface area contributed by atoms with Gasteiger partial charge in [0.25, 0.3) is 0 Å². The molecular formula is C12H23ClO3. The molecule has 0 aliphatic rings. The van der Waals surface area contributed by atoms with Gasteiger partial charge in [-0.15, -0.1) is 11.6 Å². The number of hydrogen-bond donors (Lipinski definition) is 2. The molecule has 96 valence electrons. The fourth-order valence-electron chi connectivity index (χ4n) is 1.83. The molecule has 2 N–H and O–H groups in total. The van der Waals surface area contributed by atoms with Crippen LogP contribution in [0.5, 0.6) is 0 Å². The summed E-state index contributed by atoms with van der Waals surface area (Å²) in [5.74, 6) is 0.222. The van der Waals surface area contributed by atoms with Crippen LogP contribution >= 0.6 is 11.6 Å². The molecule has 4 heteroatoms. The molecule has 0 spiro atoms. The van der Waals surface area contributed by atoms with E-state index in [2.05, 4.69) is 0 Å². The minimum absolute atomic E-state index is 0.251.